The summed E-state index contributed by atoms with van der Waals surface area (Å²) in [5.41, 5.74) is 9.93. The van der Waals surface area contributed by atoms with Crippen molar-refractivity contribution in [2.75, 3.05) is 5.73 Å². The first-order valence-corrected chi connectivity index (χ1v) is 7.10. The van der Waals surface area contributed by atoms with Crippen LogP contribution in [0.3, 0.4) is 0 Å². The van der Waals surface area contributed by atoms with Gasteiger partial charge in [-0.05, 0) is 18.9 Å². The van der Waals surface area contributed by atoms with Gasteiger partial charge in [0.1, 0.15) is 0 Å². The van der Waals surface area contributed by atoms with Gasteiger partial charge in [0.25, 0.3) is 0 Å². The molecule has 1 unspecified atom stereocenters. The highest BCUT2D eigenvalue weighted by molar-refractivity contribution is 5.52. The number of allylic oxidation sites excluding steroid dienone is 1. The topological polar surface area (TPSA) is 96.3 Å². The molecule has 0 saturated heterocycles. The van der Waals surface area contributed by atoms with Gasteiger partial charge in [-0.1, -0.05) is 42.0 Å². The number of imidazole rings is 1. The highest BCUT2D eigenvalue weighted by Gasteiger charge is 2.19. The second-order valence-electron chi connectivity index (χ2n) is 5.28. The molecule has 0 spiro atoms. The number of nitrogens with two attached hydrogens (primary N) is 1. The summed E-state index contributed by atoms with van der Waals surface area (Å²) < 4.78 is 0. The van der Waals surface area contributed by atoms with E-state index in [1.807, 2.05) is 18.2 Å². The molecular weight excluding hydrogens is 276 g/mol. The van der Waals surface area contributed by atoms with Gasteiger partial charge in [-0.15, -0.1) is 0 Å². The molecule has 0 fully saturated rings. The molecule has 0 bridgehead atoms. The molecule has 4 N–H and O–H groups in total. The summed E-state index contributed by atoms with van der Waals surface area (Å²) in [5, 5.41) is 10.8. The van der Waals surface area contributed by atoms with Crippen LogP contribution in [0.25, 0.3) is 6.08 Å². The van der Waals surface area contributed by atoms with E-state index in [1.54, 1.807) is 12.4 Å². The fraction of sp³-hybridized carbons (Fsp3) is 0.188. The Hall–Kier alpha value is -2.89. The van der Waals surface area contributed by atoms with Gasteiger partial charge in [0.2, 0.25) is 0 Å². The molecule has 6 nitrogen and oxygen atoms in total. The summed E-state index contributed by atoms with van der Waals surface area (Å²) >= 11 is 0. The third-order valence-electron chi connectivity index (χ3n) is 3.52. The molecule has 112 valence electrons. The third kappa shape index (κ3) is 3.22. The predicted molar refractivity (Wildman–Crippen MR) is 85.9 cm³/mol. The monoisotopic (exact) mass is 294 g/mol. The van der Waals surface area contributed by atoms with Crippen molar-refractivity contribution >= 4 is 12.0 Å². The molecule has 2 heterocycles. The quantitative estimate of drug-likeness (QED) is 0.674. The lowest BCUT2D eigenvalue weighted by Crippen LogP contribution is -2.04. The van der Waals surface area contributed by atoms with Gasteiger partial charge in [-0.25, -0.2) is 4.98 Å². The molecule has 0 radical (unpaired) electrons. The number of rotatable bonds is 5. The molecule has 1 aromatic carbocycles. The van der Waals surface area contributed by atoms with Crippen LogP contribution < -0.4 is 5.73 Å². The number of nitrogen functional groups attached to an aromatic ring is 1. The van der Waals surface area contributed by atoms with Crippen LogP contribution in [0.4, 0.5) is 5.95 Å². The van der Waals surface area contributed by atoms with Gasteiger partial charge in [-0.2, -0.15) is 15.4 Å². The van der Waals surface area contributed by atoms with Crippen LogP contribution in [0, 0.1) is 0 Å². The number of aromatic amines is 2. The number of anilines is 1. The minimum atomic E-state index is 0.0449. The lowest BCUT2D eigenvalue weighted by molar-refractivity contribution is 0.741. The second-order valence-corrected chi connectivity index (χ2v) is 5.28. The molecule has 6 heteroatoms. The molecular formula is C16H18N6. The first-order chi connectivity index (χ1) is 10.7. The van der Waals surface area contributed by atoms with Gasteiger partial charge < -0.3 is 10.7 Å². The zero-order chi connectivity index (χ0) is 15.4. The van der Waals surface area contributed by atoms with Crippen molar-refractivity contribution in [1.82, 2.24) is 25.4 Å². The highest BCUT2D eigenvalue weighted by atomic mass is 15.3. The zero-order valence-corrected chi connectivity index (χ0v) is 12.3. The Labute approximate surface area is 128 Å². The van der Waals surface area contributed by atoms with E-state index in [2.05, 4.69) is 50.5 Å². The summed E-state index contributed by atoms with van der Waals surface area (Å²) in [7, 11) is 0. The van der Waals surface area contributed by atoms with E-state index in [-0.39, 0.29) is 5.92 Å². The minimum Gasteiger partial charge on any atom is -0.369 e. The van der Waals surface area contributed by atoms with Crippen molar-refractivity contribution < 1.29 is 0 Å². The van der Waals surface area contributed by atoms with Crippen molar-refractivity contribution in [2.24, 2.45) is 0 Å². The number of hydrogen-bond acceptors (Lipinski definition) is 4. The molecule has 3 rings (SSSR count). The van der Waals surface area contributed by atoms with Crippen LogP contribution >= 0.6 is 0 Å². The van der Waals surface area contributed by atoms with Crippen LogP contribution in [0.2, 0.25) is 0 Å². The summed E-state index contributed by atoms with van der Waals surface area (Å²) in [4.78, 5) is 7.17. The summed E-state index contributed by atoms with van der Waals surface area (Å²) in [5.74, 6) is 0.455. The number of H-pyrrole nitrogens is 2. The van der Waals surface area contributed by atoms with E-state index in [0.717, 1.165) is 17.8 Å². The highest BCUT2D eigenvalue weighted by Crippen LogP contribution is 2.29. The zero-order valence-electron chi connectivity index (χ0n) is 12.3. The fourth-order valence-electron chi connectivity index (χ4n) is 2.50. The lowest BCUT2D eigenvalue weighted by Gasteiger charge is -2.13. The largest absolute Gasteiger partial charge is 0.369 e. The van der Waals surface area contributed by atoms with Gasteiger partial charge >= 0.3 is 0 Å². The first kappa shape index (κ1) is 14.1. The van der Waals surface area contributed by atoms with E-state index in [1.165, 1.54) is 11.1 Å². The molecule has 0 amide bonds. The Morgan fingerprint density at radius 1 is 1.27 bits per heavy atom. The van der Waals surface area contributed by atoms with Gasteiger partial charge in [0, 0.05) is 5.69 Å². The molecule has 3 aromatic rings. The van der Waals surface area contributed by atoms with Crippen LogP contribution in [-0.4, -0.2) is 25.4 Å². The second kappa shape index (κ2) is 6.26. The molecule has 22 heavy (non-hydrogen) atoms. The molecule has 0 aliphatic carbocycles. The molecule has 1 atom stereocenters. The molecule has 2 aromatic heterocycles. The smallest absolute Gasteiger partial charge is 0.197 e. The summed E-state index contributed by atoms with van der Waals surface area (Å²) in [6.45, 7) is 2.11. The lowest BCUT2D eigenvalue weighted by atomic mass is 9.93. The van der Waals surface area contributed by atoms with Crippen LogP contribution in [0.1, 0.15) is 36.2 Å². The third-order valence-corrected chi connectivity index (χ3v) is 3.52. The van der Waals surface area contributed by atoms with E-state index in [4.69, 9.17) is 5.73 Å². The van der Waals surface area contributed by atoms with Crippen LogP contribution in [-0.2, 0) is 0 Å². The van der Waals surface area contributed by atoms with E-state index >= 15 is 0 Å². The molecule has 0 saturated carbocycles. The van der Waals surface area contributed by atoms with Crippen LogP contribution in [0.5, 0.6) is 0 Å². The average molecular weight is 294 g/mol. The van der Waals surface area contributed by atoms with Crippen LogP contribution in [0.15, 0.2) is 48.3 Å². The Kier molecular flexibility index (Phi) is 4.00. The molecule has 0 aliphatic rings. The van der Waals surface area contributed by atoms with E-state index in [0.29, 0.717) is 5.95 Å². The Bertz CT molecular complexity index is 742. The number of nitrogens with zero attached hydrogens (tertiary/aromatic N) is 3. The van der Waals surface area contributed by atoms with E-state index < -0.39 is 0 Å². The maximum absolute atomic E-state index is 5.70. The average Bonchev–Trinajstić information content (AvgIpc) is 3.17. The number of nitrogens with one attached hydrogen (secondary N) is 2. The predicted octanol–water partition coefficient (Wildman–Crippen LogP) is 2.74. The standard InChI is InChI=1S/C16H18N6/c1-11(7-12-5-3-2-4-6-12)8-13(15-10-19-22-21-15)14-9-18-16(17)20-14/h2-7,9-10,13H,8H2,1H3,(H3,17,18,20)(H,19,21,22). The van der Waals surface area contributed by atoms with Crippen molar-refractivity contribution in [3.8, 4) is 0 Å². The van der Waals surface area contributed by atoms with E-state index in [9.17, 15) is 0 Å². The minimum absolute atomic E-state index is 0.0449. The van der Waals surface area contributed by atoms with Crippen molar-refractivity contribution in [3.05, 3.63) is 65.2 Å². The van der Waals surface area contributed by atoms with Crippen molar-refractivity contribution in [1.29, 1.82) is 0 Å². The fourth-order valence-corrected chi connectivity index (χ4v) is 2.50. The van der Waals surface area contributed by atoms with Crippen molar-refractivity contribution in [3.63, 3.8) is 0 Å². The van der Waals surface area contributed by atoms with Gasteiger partial charge in [0.05, 0.1) is 24.0 Å². The number of hydrogen-bond donors (Lipinski definition) is 3. The normalized spacial score (nSPS) is 13.2. The van der Waals surface area contributed by atoms with Crippen molar-refractivity contribution in [2.45, 2.75) is 19.3 Å². The molecule has 0 aliphatic heterocycles. The van der Waals surface area contributed by atoms with Gasteiger partial charge in [-0.3, -0.25) is 0 Å². The summed E-state index contributed by atoms with van der Waals surface area (Å²) in [6, 6.07) is 10.2. The Balaban J connectivity index is 1.86. The maximum atomic E-state index is 5.70. The number of benzene rings is 1. The number of aromatic nitrogens is 5. The Morgan fingerprint density at radius 2 is 2.09 bits per heavy atom. The first-order valence-electron chi connectivity index (χ1n) is 7.10. The SMILES string of the molecule is CC(=Cc1ccccc1)CC(c1cn[nH]n1)c1cnc(N)[nH]1. The Morgan fingerprint density at radius 3 is 2.73 bits per heavy atom. The summed E-state index contributed by atoms with van der Waals surface area (Å²) in [6.07, 6.45) is 6.47. The van der Waals surface area contributed by atoms with Gasteiger partial charge in [0.15, 0.2) is 5.95 Å². The maximum Gasteiger partial charge on any atom is 0.197 e.